The lowest BCUT2D eigenvalue weighted by atomic mass is 10.0. The third kappa shape index (κ3) is 2.10. The topological polar surface area (TPSA) is 123 Å². The van der Waals surface area contributed by atoms with Crippen LogP contribution in [-0.2, 0) is 6.42 Å². The number of hydrogen-bond donors (Lipinski definition) is 1. The van der Waals surface area contributed by atoms with E-state index in [-0.39, 0.29) is 17.9 Å². The van der Waals surface area contributed by atoms with Gasteiger partial charge in [-0.25, -0.2) is 9.50 Å². The fourth-order valence-electron chi connectivity index (χ4n) is 2.38. The molecule has 8 nitrogen and oxygen atoms in total. The van der Waals surface area contributed by atoms with Crippen LogP contribution >= 0.6 is 0 Å². The van der Waals surface area contributed by atoms with Crippen LogP contribution in [0.5, 0.6) is 0 Å². The first-order valence-electron chi connectivity index (χ1n) is 6.34. The Kier molecular flexibility index (Phi) is 3.16. The molecule has 0 aliphatic carbocycles. The van der Waals surface area contributed by atoms with Crippen molar-refractivity contribution in [3.05, 3.63) is 52.5 Å². The summed E-state index contributed by atoms with van der Waals surface area (Å²) in [5.41, 5.74) is 8.68. The molecule has 0 aliphatic rings. The fourth-order valence-corrected chi connectivity index (χ4v) is 2.38. The molecule has 0 atom stereocenters. The number of nitro groups is 1. The Labute approximate surface area is 124 Å². The molecule has 2 aromatic heterocycles. The zero-order valence-corrected chi connectivity index (χ0v) is 11.3. The minimum atomic E-state index is -0.463. The van der Waals surface area contributed by atoms with Crippen molar-refractivity contribution in [2.75, 3.05) is 5.73 Å². The van der Waals surface area contributed by atoms with Crippen LogP contribution in [-0.4, -0.2) is 19.5 Å². The van der Waals surface area contributed by atoms with Crippen LogP contribution in [0.2, 0.25) is 0 Å². The van der Waals surface area contributed by atoms with Gasteiger partial charge in [0.2, 0.25) is 0 Å². The van der Waals surface area contributed by atoms with Gasteiger partial charge < -0.3 is 5.73 Å². The lowest BCUT2D eigenvalue weighted by molar-refractivity contribution is -0.384. The highest BCUT2D eigenvalue weighted by molar-refractivity contribution is 5.90. The van der Waals surface area contributed by atoms with Crippen molar-refractivity contribution < 1.29 is 4.92 Å². The van der Waals surface area contributed by atoms with E-state index in [0.29, 0.717) is 5.52 Å². The molecule has 0 aliphatic heterocycles. The molecule has 0 bridgehead atoms. The molecule has 22 heavy (non-hydrogen) atoms. The van der Waals surface area contributed by atoms with E-state index >= 15 is 0 Å². The van der Waals surface area contributed by atoms with Crippen LogP contribution in [0, 0.1) is 21.4 Å². The largest absolute Gasteiger partial charge is 0.382 e. The second kappa shape index (κ2) is 5.14. The Bertz CT molecular complexity index is 907. The van der Waals surface area contributed by atoms with E-state index in [1.807, 2.05) is 0 Å². The third-order valence-electron chi connectivity index (χ3n) is 3.32. The summed E-state index contributed by atoms with van der Waals surface area (Å²) in [6.07, 6.45) is 3.22. The second-order valence-electron chi connectivity index (χ2n) is 4.61. The monoisotopic (exact) mass is 294 g/mol. The minimum Gasteiger partial charge on any atom is -0.382 e. The van der Waals surface area contributed by atoms with E-state index in [0.717, 1.165) is 16.7 Å². The predicted octanol–water partition coefficient (Wildman–Crippen LogP) is 1.95. The summed E-state index contributed by atoms with van der Waals surface area (Å²) in [7, 11) is 0. The number of nitrogens with two attached hydrogens (primary N) is 1. The van der Waals surface area contributed by atoms with Crippen LogP contribution in [0.15, 0.2) is 36.8 Å². The minimum absolute atomic E-state index is 0.00156. The average Bonchev–Trinajstić information content (AvgIpc) is 2.87. The van der Waals surface area contributed by atoms with Crippen LogP contribution in [0.3, 0.4) is 0 Å². The van der Waals surface area contributed by atoms with Crippen LogP contribution < -0.4 is 5.73 Å². The summed E-state index contributed by atoms with van der Waals surface area (Å²) in [4.78, 5) is 14.3. The molecular weight excluding hydrogens is 284 g/mol. The highest BCUT2D eigenvalue weighted by Gasteiger charge is 2.17. The van der Waals surface area contributed by atoms with Crippen molar-refractivity contribution in [3.63, 3.8) is 0 Å². The van der Waals surface area contributed by atoms with Gasteiger partial charge in [0.05, 0.1) is 17.4 Å². The van der Waals surface area contributed by atoms with Gasteiger partial charge in [-0.3, -0.25) is 10.1 Å². The number of nitrogen functional groups attached to an aromatic ring is 1. The highest BCUT2D eigenvalue weighted by atomic mass is 16.6. The maximum atomic E-state index is 10.8. The fraction of sp³-hybridized carbons (Fsp3) is 0.0714. The molecule has 3 aromatic rings. The summed E-state index contributed by atoms with van der Waals surface area (Å²) in [6, 6.07) is 8.17. The summed E-state index contributed by atoms with van der Waals surface area (Å²) in [5, 5.41) is 23.8. The number of nitro benzene ring substituents is 1. The van der Waals surface area contributed by atoms with Crippen LogP contribution in [0.4, 0.5) is 11.5 Å². The van der Waals surface area contributed by atoms with E-state index in [4.69, 9.17) is 11.0 Å². The molecule has 2 heterocycles. The van der Waals surface area contributed by atoms with Crippen molar-refractivity contribution in [3.8, 4) is 17.2 Å². The van der Waals surface area contributed by atoms with E-state index in [1.54, 1.807) is 22.8 Å². The first-order chi connectivity index (χ1) is 10.6. The van der Waals surface area contributed by atoms with E-state index in [2.05, 4.69) is 16.2 Å². The van der Waals surface area contributed by atoms with Crippen molar-refractivity contribution in [2.45, 2.75) is 6.42 Å². The lowest BCUT2D eigenvalue weighted by Crippen LogP contribution is -1.98. The quantitative estimate of drug-likeness (QED) is 0.581. The van der Waals surface area contributed by atoms with Gasteiger partial charge in [0.15, 0.2) is 5.82 Å². The number of rotatable bonds is 3. The van der Waals surface area contributed by atoms with Crippen LogP contribution in [0.25, 0.3) is 16.6 Å². The standard InChI is InChI=1S/C14H10N6O2/c15-6-5-10-7-19-13(14(16)17-8-18-19)12(10)9-1-3-11(4-2-9)20(21)22/h1-4,7-8H,5H2,(H2,16,17,18). The van der Waals surface area contributed by atoms with E-state index in [1.165, 1.54) is 18.5 Å². The number of hydrogen-bond acceptors (Lipinski definition) is 6. The number of nitriles is 1. The molecule has 2 N–H and O–H groups in total. The molecule has 3 rings (SSSR count). The van der Waals surface area contributed by atoms with Gasteiger partial charge in [0.25, 0.3) is 5.69 Å². The summed E-state index contributed by atoms with van der Waals surface area (Å²) >= 11 is 0. The second-order valence-corrected chi connectivity index (χ2v) is 4.61. The average molecular weight is 294 g/mol. The molecule has 0 spiro atoms. The van der Waals surface area contributed by atoms with Crippen LogP contribution in [0.1, 0.15) is 5.56 Å². The molecule has 0 saturated carbocycles. The SMILES string of the molecule is N#CCc1cn2ncnc(N)c2c1-c1ccc([N+](=O)[O-])cc1. The molecule has 1 aromatic carbocycles. The Morgan fingerprint density at radius 2 is 2.09 bits per heavy atom. The molecule has 0 radical (unpaired) electrons. The lowest BCUT2D eigenvalue weighted by Gasteiger charge is -2.04. The third-order valence-corrected chi connectivity index (χ3v) is 3.32. The zero-order chi connectivity index (χ0) is 15.7. The summed E-state index contributed by atoms with van der Waals surface area (Å²) in [5.74, 6) is 0.285. The van der Waals surface area contributed by atoms with Gasteiger partial charge >= 0.3 is 0 Å². The molecule has 108 valence electrons. The maximum Gasteiger partial charge on any atom is 0.269 e. The van der Waals surface area contributed by atoms with Crippen molar-refractivity contribution in [1.29, 1.82) is 5.26 Å². The normalized spacial score (nSPS) is 10.5. The number of aromatic nitrogens is 3. The zero-order valence-electron chi connectivity index (χ0n) is 11.3. The van der Waals surface area contributed by atoms with Crippen molar-refractivity contribution in [1.82, 2.24) is 14.6 Å². The molecule has 8 heteroatoms. The van der Waals surface area contributed by atoms with E-state index < -0.39 is 4.92 Å². The number of fused-ring (bicyclic) bond motifs is 1. The molecule has 0 fully saturated rings. The van der Waals surface area contributed by atoms with Gasteiger partial charge in [-0.2, -0.15) is 10.4 Å². The Hall–Kier alpha value is -3.47. The molecular formula is C14H10N6O2. The van der Waals surface area contributed by atoms with Gasteiger partial charge in [-0.1, -0.05) is 0 Å². The van der Waals surface area contributed by atoms with Gasteiger partial charge in [-0.05, 0) is 23.3 Å². The summed E-state index contributed by atoms with van der Waals surface area (Å²) in [6.45, 7) is 0. The number of benzene rings is 1. The smallest absolute Gasteiger partial charge is 0.269 e. The molecule has 0 saturated heterocycles. The summed E-state index contributed by atoms with van der Waals surface area (Å²) < 4.78 is 1.56. The number of nitrogens with zero attached hydrogens (tertiary/aromatic N) is 5. The highest BCUT2D eigenvalue weighted by Crippen LogP contribution is 2.33. The van der Waals surface area contributed by atoms with E-state index in [9.17, 15) is 10.1 Å². The molecule has 0 amide bonds. The Balaban J connectivity index is 2.26. The molecule has 0 unspecified atom stereocenters. The van der Waals surface area contributed by atoms with Gasteiger partial charge in [0, 0.05) is 23.9 Å². The van der Waals surface area contributed by atoms with Crippen molar-refractivity contribution in [2.24, 2.45) is 0 Å². The number of non-ortho nitro benzene ring substituents is 1. The van der Waals surface area contributed by atoms with Gasteiger partial charge in [0.1, 0.15) is 11.8 Å². The van der Waals surface area contributed by atoms with Crippen molar-refractivity contribution >= 4 is 17.0 Å². The first kappa shape index (κ1) is 13.5. The first-order valence-corrected chi connectivity index (χ1v) is 6.34. The predicted molar refractivity (Wildman–Crippen MR) is 78.8 cm³/mol. The Morgan fingerprint density at radius 3 is 2.73 bits per heavy atom. The Morgan fingerprint density at radius 1 is 1.36 bits per heavy atom. The van der Waals surface area contributed by atoms with Gasteiger partial charge in [-0.15, -0.1) is 0 Å². The maximum absolute atomic E-state index is 10.8. The number of anilines is 1.